The molecule has 0 aliphatic carbocycles. The van der Waals surface area contributed by atoms with Crippen LogP contribution in [-0.4, -0.2) is 38.2 Å². The van der Waals surface area contributed by atoms with Crippen LogP contribution >= 0.6 is 12.4 Å². The molecule has 0 saturated carbocycles. The van der Waals surface area contributed by atoms with E-state index in [0.717, 1.165) is 4.57 Å². The van der Waals surface area contributed by atoms with Gasteiger partial charge in [0.15, 0.2) is 17.5 Å². The van der Waals surface area contributed by atoms with E-state index in [2.05, 4.69) is 10.2 Å². The molecule has 1 aromatic heterocycles. The van der Waals surface area contributed by atoms with Crippen LogP contribution in [0.4, 0.5) is 26.3 Å². The first kappa shape index (κ1) is 23.9. The third kappa shape index (κ3) is 4.86. The molecule has 166 valence electrons. The van der Waals surface area contributed by atoms with Crippen LogP contribution in [0.5, 0.6) is 0 Å². The Morgan fingerprint density at radius 1 is 1.20 bits per heavy atom. The summed E-state index contributed by atoms with van der Waals surface area (Å²) in [5, 5.41) is 6.70. The van der Waals surface area contributed by atoms with Gasteiger partial charge in [-0.1, -0.05) is 0 Å². The van der Waals surface area contributed by atoms with Gasteiger partial charge in [0.1, 0.15) is 5.82 Å². The van der Waals surface area contributed by atoms with Crippen molar-refractivity contribution in [3.05, 3.63) is 46.8 Å². The predicted octanol–water partition coefficient (Wildman–Crippen LogP) is 3.00. The zero-order valence-corrected chi connectivity index (χ0v) is 16.4. The first-order valence-corrected chi connectivity index (χ1v) is 8.65. The second kappa shape index (κ2) is 8.80. The number of nitrogens with zero attached hydrogens (tertiary/aromatic N) is 4. The zero-order valence-electron chi connectivity index (χ0n) is 15.6. The van der Waals surface area contributed by atoms with Gasteiger partial charge in [-0.25, -0.2) is 13.2 Å². The molecule has 3 rings (SSSR count). The first-order chi connectivity index (χ1) is 13.5. The second-order valence-corrected chi connectivity index (χ2v) is 6.96. The number of halogens is 7. The van der Waals surface area contributed by atoms with Gasteiger partial charge in [0.25, 0.3) is 0 Å². The molecule has 0 radical (unpaired) electrons. The summed E-state index contributed by atoms with van der Waals surface area (Å²) >= 11 is 0. The quantitative estimate of drug-likeness (QED) is 0.565. The molecule has 0 unspecified atom stereocenters. The summed E-state index contributed by atoms with van der Waals surface area (Å²) in [6, 6.07) is -0.535. The van der Waals surface area contributed by atoms with E-state index in [0.29, 0.717) is 12.1 Å². The molecule has 0 saturated heterocycles. The Balaban J connectivity index is 0.00000320. The Kier molecular flexibility index (Phi) is 7.02. The van der Waals surface area contributed by atoms with E-state index in [4.69, 9.17) is 5.73 Å². The van der Waals surface area contributed by atoms with Crippen LogP contribution in [0.15, 0.2) is 12.1 Å². The number of hydrogen-bond donors (Lipinski definition) is 1. The third-order valence-electron chi connectivity index (χ3n) is 4.64. The maximum absolute atomic E-state index is 13.7. The van der Waals surface area contributed by atoms with Gasteiger partial charge < -0.3 is 15.2 Å². The molecule has 2 atom stereocenters. The van der Waals surface area contributed by atoms with Crippen molar-refractivity contribution in [1.82, 2.24) is 19.7 Å². The lowest BCUT2D eigenvalue weighted by atomic mass is 10.0. The lowest BCUT2D eigenvalue weighted by Crippen LogP contribution is -2.43. The normalized spacial score (nSPS) is 17.3. The van der Waals surface area contributed by atoms with Crippen molar-refractivity contribution in [1.29, 1.82) is 0 Å². The topological polar surface area (TPSA) is 77.0 Å². The van der Waals surface area contributed by atoms with Gasteiger partial charge in [-0.3, -0.25) is 4.79 Å². The Morgan fingerprint density at radius 2 is 1.83 bits per heavy atom. The number of nitrogens with two attached hydrogens (primary N) is 1. The van der Waals surface area contributed by atoms with Crippen LogP contribution in [0, 0.1) is 17.5 Å². The summed E-state index contributed by atoms with van der Waals surface area (Å²) in [5.74, 6) is -5.16. The van der Waals surface area contributed by atoms with Gasteiger partial charge in [-0.05, 0) is 25.0 Å². The van der Waals surface area contributed by atoms with E-state index in [-0.39, 0.29) is 49.7 Å². The minimum absolute atomic E-state index is 0. The fourth-order valence-electron chi connectivity index (χ4n) is 3.34. The average molecular weight is 458 g/mol. The summed E-state index contributed by atoms with van der Waals surface area (Å²) in [5.41, 5.74) is 5.67. The molecule has 0 bridgehead atoms. The van der Waals surface area contributed by atoms with E-state index < -0.39 is 47.4 Å². The van der Waals surface area contributed by atoms with Crippen LogP contribution in [0.3, 0.4) is 0 Å². The summed E-state index contributed by atoms with van der Waals surface area (Å²) in [4.78, 5) is 13.8. The Bertz CT molecular complexity index is 934. The van der Waals surface area contributed by atoms with E-state index >= 15 is 0 Å². The van der Waals surface area contributed by atoms with Crippen LogP contribution in [0.25, 0.3) is 0 Å². The Hall–Kier alpha value is -2.34. The minimum Gasteiger partial charge on any atom is -0.333 e. The van der Waals surface area contributed by atoms with Crippen LogP contribution in [-0.2, 0) is 23.9 Å². The number of aromatic nitrogens is 3. The Morgan fingerprint density at radius 3 is 2.47 bits per heavy atom. The standard InChI is InChI=1S/C17H17F6N5O.ClH/c1-8-6-27(7-14-25-26-16(28(8)14)17(21,22)23)15(29)4-10(24)2-9-3-12(19)13(20)5-11(9)18;/h3,5,8,10H,2,4,6-7,24H2,1H3;1H/t8-,10+;/m0./s1. The number of fused-ring (bicyclic) bond motifs is 1. The number of carbonyl (C=O) groups is 1. The second-order valence-electron chi connectivity index (χ2n) is 6.96. The highest BCUT2D eigenvalue weighted by molar-refractivity contribution is 5.85. The number of alkyl halides is 3. The van der Waals surface area contributed by atoms with Crippen molar-refractivity contribution in [2.75, 3.05) is 6.54 Å². The molecule has 1 aliphatic rings. The number of amides is 1. The third-order valence-corrected chi connectivity index (χ3v) is 4.64. The van der Waals surface area contributed by atoms with Crippen molar-refractivity contribution >= 4 is 18.3 Å². The molecule has 1 amide bonds. The lowest BCUT2D eigenvalue weighted by molar-refractivity contribution is -0.149. The van der Waals surface area contributed by atoms with Crippen molar-refractivity contribution < 1.29 is 31.1 Å². The maximum atomic E-state index is 13.7. The van der Waals surface area contributed by atoms with Gasteiger partial charge in [0, 0.05) is 25.1 Å². The molecular weight excluding hydrogens is 440 g/mol. The molecule has 0 spiro atoms. The van der Waals surface area contributed by atoms with Gasteiger partial charge in [0.05, 0.1) is 12.6 Å². The summed E-state index contributed by atoms with van der Waals surface area (Å²) in [7, 11) is 0. The van der Waals surface area contributed by atoms with Crippen molar-refractivity contribution in [3.63, 3.8) is 0 Å². The SMILES string of the molecule is C[C@H]1CN(C(=O)C[C@H](N)Cc2cc(F)c(F)cc2F)Cc2nnc(C(F)(F)F)n21.Cl. The smallest absolute Gasteiger partial charge is 0.333 e. The van der Waals surface area contributed by atoms with Crippen LogP contribution in [0.2, 0.25) is 0 Å². The monoisotopic (exact) mass is 457 g/mol. The molecule has 2 aromatic rings. The molecule has 30 heavy (non-hydrogen) atoms. The predicted molar refractivity (Wildman–Crippen MR) is 95.0 cm³/mol. The molecule has 1 aliphatic heterocycles. The highest BCUT2D eigenvalue weighted by atomic mass is 35.5. The molecular formula is C17H18ClF6N5O. The van der Waals surface area contributed by atoms with Crippen LogP contribution < -0.4 is 5.73 Å². The summed E-state index contributed by atoms with van der Waals surface area (Å²) in [6.07, 6.45) is -5.14. The number of carbonyl (C=O) groups excluding carboxylic acids is 1. The zero-order chi connectivity index (χ0) is 21.5. The van der Waals surface area contributed by atoms with Crippen molar-refractivity contribution in [2.45, 2.75) is 44.6 Å². The first-order valence-electron chi connectivity index (χ1n) is 8.65. The summed E-state index contributed by atoms with van der Waals surface area (Å²) in [6.45, 7) is 1.30. The molecule has 13 heteroatoms. The molecule has 0 fully saturated rings. The Labute approximate surface area is 173 Å². The van der Waals surface area contributed by atoms with E-state index in [9.17, 15) is 31.1 Å². The molecule has 1 aromatic carbocycles. The largest absolute Gasteiger partial charge is 0.451 e. The minimum atomic E-state index is -4.66. The van der Waals surface area contributed by atoms with Crippen molar-refractivity contribution in [3.8, 4) is 0 Å². The highest BCUT2D eigenvalue weighted by Gasteiger charge is 2.41. The highest BCUT2D eigenvalue weighted by Crippen LogP contribution is 2.32. The fraction of sp³-hybridized carbons (Fsp3) is 0.471. The fourth-order valence-corrected chi connectivity index (χ4v) is 3.34. The van der Waals surface area contributed by atoms with E-state index in [1.165, 1.54) is 11.8 Å². The number of benzene rings is 1. The summed E-state index contributed by atoms with van der Waals surface area (Å²) < 4.78 is 80.0. The lowest BCUT2D eigenvalue weighted by Gasteiger charge is -2.33. The van der Waals surface area contributed by atoms with E-state index in [1.54, 1.807) is 0 Å². The van der Waals surface area contributed by atoms with E-state index in [1.807, 2.05) is 0 Å². The maximum Gasteiger partial charge on any atom is 0.451 e. The average Bonchev–Trinajstić information content (AvgIpc) is 3.04. The molecule has 2 N–H and O–H groups in total. The molecule has 2 heterocycles. The van der Waals surface area contributed by atoms with Gasteiger partial charge in [0.2, 0.25) is 11.7 Å². The van der Waals surface area contributed by atoms with Gasteiger partial charge in [-0.2, -0.15) is 13.2 Å². The van der Waals surface area contributed by atoms with Gasteiger partial charge in [-0.15, -0.1) is 22.6 Å². The number of rotatable bonds is 4. The number of hydrogen-bond acceptors (Lipinski definition) is 4. The van der Waals surface area contributed by atoms with Crippen LogP contribution in [0.1, 0.15) is 36.6 Å². The molecule has 6 nitrogen and oxygen atoms in total. The van der Waals surface area contributed by atoms with Gasteiger partial charge >= 0.3 is 6.18 Å². The van der Waals surface area contributed by atoms with Crippen molar-refractivity contribution in [2.24, 2.45) is 5.73 Å².